The monoisotopic (exact) mass is 459 g/mol. The van der Waals surface area contributed by atoms with E-state index in [0.29, 0.717) is 5.92 Å². The van der Waals surface area contributed by atoms with Gasteiger partial charge in [0.05, 0.1) is 16.8 Å². The Bertz CT molecular complexity index is 1050. The van der Waals surface area contributed by atoms with Gasteiger partial charge in [0.25, 0.3) is 5.91 Å². The van der Waals surface area contributed by atoms with Crippen LogP contribution < -0.4 is 5.32 Å². The number of pyridine rings is 1. The summed E-state index contributed by atoms with van der Waals surface area (Å²) >= 11 is 0. The summed E-state index contributed by atoms with van der Waals surface area (Å²) < 4.78 is 0. The number of benzene rings is 2. The van der Waals surface area contributed by atoms with Crippen molar-refractivity contribution in [1.29, 1.82) is 0 Å². The van der Waals surface area contributed by atoms with Gasteiger partial charge in [0, 0.05) is 24.0 Å². The Kier molecular flexibility index (Phi) is 8.87. The van der Waals surface area contributed by atoms with Crippen molar-refractivity contribution in [3.05, 3.63) is 65.2 Å². The molecule has 1 fully saturated rings. The first-order chi connectivity index (χ1) is 14.1. The number of fused-ring (bicyclic) bond motifs is 1. The van der Waals surface area contributed by atoms with Crippen molar-refractivity contribution in [3.63, 3.8) is 0 Å². The number of aromatic nitrogens is 1. The number of nitrogens with one attached hydrogen (secondary N) is 1. The van der Waals surface area contributed by atoms with E-state index >= 15 is 0 Å². The summed E-state index contributed by atoms with van der Waals surface area (Å²) in [7, 11) is 1.98. The van der Waals surface area contributed by atoms with Crippen molar-refractivity contribution in [2.45, 2.75) is 26.7 Å². The molecule has 6 heteroatoms. The third kappa shape index (κ3) is 5.38. The van der Waals surface area contributed by atoms with Gasteiger partial charge in [-0.2, -0.15) is 0 Å². The fourth-order valence-electron chi connectivity index (χ4n) is 4.47. The summed E-state index contributed by atoms with van der Waals surface area (Å²) in [4.78, 5) is 20.5. The fraction of sp³-hybridized carbons (Fsp3) is 0.360. The molecular formula is C25H31Cl2N3O. The molecule has 1 aromatic heterocycles. The summed E-state index contributed by atoms with van der Waals surface area (Å²) in [5, 5.41) is 4.19. The Morgan fingerprint density at radius 1 is 1.13 bits per heavy atom. The summed E-state index contributed by atoms with van der Waals surface area (Å²) in [6, 6.07) is 16.4. The number of halogens is 2. The van der Waals surface area contributed by atoms with Gasteiger partial charge < -0.3 is 10.2 Å². The van der Waals surface area contributed by atoms with E-state index in [0.717, 1.165) is 53.8 Å². The van der Waals surface area contributed by atoms with Crippen LogP contribution in [0.5, 0.6) is 0 Å². The van der Waals surface area contributed by atoms with E-state index in [1.54, 1.807) is 0 Å². The van der Waals surface area contributed by atoms with Gasteiger partial charge in [-0.3, -0.25) is 4.79 Å². The van der Waals surface area contributed by atoms with Crippen LogP contribution in [0, 0.1) is 19.8 Å². The number of hydrogen-bond acceptors (Lipinski definition) is 3. The van der Waals surface area contributed by atoms with Gasteiger partial charge in [0.1, 0.15) is 0 Å². The van der Waals surface area contributed by atoms with Crippen LogP contribution in [-0.4, -0.2) is 42.5 Å². The van der Waals surface area contributed by atoms with Gasteiger partial charge in [-0.25, -0.2) is 4.98 Å². The largest absolute Gasteiger partial charge is 0.338 e. The molecule has 1 unspecified atom stereocenters. The molecule has 4 rings (SSSR count). The van der Waals surface area contributed by atoms with Gasteiger partial charge in [-0.1, -0.05) is 42.0 Å². The molecule has 0 radical (unpaired) electrons. The van der Waals surface area contributed by atoms with Crippen LogP contribution in [0.3, 0.4) is 0 Å². The SMILES string of the molecule is CNCC1CCCN(C(=O)c2cc(-c3ccc(C)cc3C)nc3ccccc23)C1.Cl.Cl. The molecule has 0 spiro atoms. The molecule has 1 saturated heterocycles. The third-order valence-corrected chi connectivity index (χ3v) is 5.90. The van der Waals surface area contributed by atoms with E-state index in [-0.39, 0.29) is 30.7 Å². The fourth-order valence-corrected chi connectivity index (χ4v) is 4.47. The van der Waals surface area contributed by atoms with E-state index in [1.165, 1.54) is 17.5 Å². The Balaban J connectivity index is 0.00000171. The van der Waals surface area contributed by atoms with Crippen molar-refractivity contribution in [1.82, 2.24) is 15.2 Å². The van der Waals surface area contributed by atoms with E-state index in [9.17, 15) is 4.79 Å². The number of hydrogen-bond donors (Lipinski definition) is 1. The maximum Gasteiger partial charge on any atom is 0.254 e. The predicted octanol–water partition coefficient (Wildman–Crippen LogP) is 5.43. The first-order valence-electron chi connectivity index (χ1n) is 10.5. The average molecular weight is 460 g/mol. The standard InChI is InChI=1S/C25H29N3O.2ClH/c1-17-10-11-20(18(2)13-17)24-14-22(21-8-4-5-9-23(21)27-24)25(29)28-12-6-7-19(16-28)15-26-3;;/h4-5,8-11,13-14,19,26H,6-7,12,15-16H2,1-3H3;2*1H. The number of piperidine rings is 1. The number of amides is 1. The zero-order chi connectivity index (χ0) is 20.4. The molecular weight excluding hydrogens is 429 g/mol. The number of aryl methyl sites for hydroxylation is 2. The lowest BCUT2D eigenvalue weighted by atomic mass is 9.96. The van der Waals surface area contributed by atoms with Gasteiger partial charge in [0.2, 0.25) is 0 Å². The molecule has 0 bridgehead atoms. The molecule has 1 N–H and O–H groups in total. The second kappa shape index (κ2) is 10.9. The molecule has 166 valence electrons. The number of likely N-dealkylation sites (tertiary alicyclic amines) is 1. The van der Waals surface area contributed by atoms with Crippen molar-refractivity contribution >= 4 is 41.6 Å². The second-order valence-corrected chi connectivity index (χ2v) is 8.21. The molecule has 4 nitrogen and oxygen atoms in total. The molecule has 0 saturated carbocycles. The van der Waals surface area contributed by atoms with Crippen molar-refractivity contribution < 1.29 is 4.79 Å². The molecule has 1 atom stereocenters. The van der Waals surface area contributed by atoms with E-state index in [2.05, 4.69) is 37.4 Å². The highest BCUT2D eigenvalue weighted by Crippen LogP contribution is 2.29. The highest BCUT2D eigenvalue weighted by Gasteiger charge is 2.26. The maximum atomic E-state index is 13.6. The smallest absolute Gasteiger partial charge is 0.254 e. The van der Waals surface area contributed by atoms with Crippen LogP contribution in [-0.2, 0) is 0 Å². The lowest BCUT2D eigenvalue weighted by molar-refractivity contribution is 0.0676. The van der Waals surface area contributed by atoms with E-state index < -0.39 is 0 Å². The minimum absolute atomic E-state index is 0. The Morgan fingerprint density at radius 2 is 1.90 bits per heavy atom. The highest BCUT2D eigenvalue weighted by molar-refractivity contribution is 6.07. The lowest BCUT2D eigenvalue weighted by Gasteiger charge is -2.33. The Hall–Kier alpha value is -2.14. The molecule has 1 aliphatic rings. The quantitative estimate of drug-likeness (QED) is 0.565. The molecule has 2 heterocycles. The van der Waals surface area contributed by atoms with Crippen LogP contribution in [0.4, 0.5) is 0 Å². The molecule has 2 aromatic carbocycles. The van der Waals surface area contributed by atoms with Crippen LogP contribution in [0.2, 0.25) is 0 Å². The summed E-state index contributed by atoms with van der Waals surface area (Å²) in [5.41, 5.74) is 5.99. The van der Waals surface area contributed by atoms with Crippen molar-refractivity contribution in [2.75, 3.05) is 26.7 Å². The average Bonchev–Trinajstić information content (AvgIpc) is 2.73. The van der Waals surface area contributed by atoms with Crippen molar-refractivity contribution in [2.24, 2.45) is 5.92 Å². The summed E-state index contributed by atoms with van der Waals surface area (Å²) in [5.74, 6) is 0.639. The molecule has 1 amide bonds. The van der Waals surface area contributed by atoms with Gasteiger partial charge in [0.15, 0.2) is 0 Å². The highest BCUT2D eigenvalue weighted by atomic mass is 35.5. The zero-order valence-corrected chi connectivity index (χ0v) is 20.0. The Labute approximate surface area is 197 Å². The normalized spacial score (nSPS) is 15.8. The minimum atomic E-state index is 0. The number of carbonyl (C=O) groups is 1. The second-order valence-electron chi connectivity index (χ2n) is 8.21. The predicted molar refractivity (Wildman–Crippen MR) is 134 cm³/mol. The van der Waals surface area contributed by atoms with Crippen LogP contribution in [0.1, 0.15) is 34.3 Å². The molecule has 1 aliphatic heterocycles. The van der Waals surface area contributed by atoms with Crippen LogP contribution in [0.25, 0.3) is 22.2 Å². The van der Waals surface area contributed by atoms with Gasteiger partial charge in [-0.15, -0.1) is 24.8 Å². The third-order valence-electron chi connectivity index (χ3n) is 5.90. The van der Waals surface area contributed by atoms with Gasteiger partial charge in [-0.05, 0) is 63.9 Å². The number of rotatable bonds is 4. The summed E-state index contributed by atoms with van der Waals surface area (Å²) in [6.45, 7) is 6.80. The van der Waals surface area contributed by atoms with Crippen molar-refractivity contribution in [3.8, 4) is 11.3 Å². The van der Waals surface area contributed by atoms with Crippen LogP contribution in [0.15, 0.2) is 48.5 Å². The Morgan fingerprint density at radius 3 is 2.65 bits per heavy atom. The molecule has 0 aliphatic carbocycles. The number of carbonyl (C=O) groups excluding carboxylic acids is 1. The molecule has 31 heavy (non-hydrogen) atoms. The van der Waals surface area contributed by atoms with Crippen LogP contribution >= 0.6 is 24.8 Å². The molecule has 3 aromatic rings. The van der Waals surface area contributed by atoms with E-state index in [1.807, 2.05) is 42.3 Å². The topological polar surface area (TPSA) is 45.2 Å². The number of nitrogens with zero attached hydrogens (tertiary/aromatic N) is 2. The van der Waals surface area contributed by atoms with E-state index in [4.69, 9.17) is 4.98 Å². The minimum Gasteiger partial charge on any atom is -0.338 e. The maximum absolute atomic E-state index is 13.6. The number of para-hydroxylation sites is 1. The lowest BCUT2D eigenvalue weighted by Crippen LogP contribution is -2.42. The first-order valence-corrected chi connectivity index (χ1v) is 10.5. The van der Waals surface area contributed by atoms with Gasteiger partial charge >= 0.3 is 0 Å². The summed E-state index contributed by atoms with van der Waals surface area (Å²) in [6.07, 6.45) is 2.24. The zero-order valence-electron chi connectivity index (χ0n) is 18.4. The first kappa shape index (κ1) is 25.1.